The summed E-state index contributed by atoms with van der Waals surface area (Å²) in [5.41, 5.74) is -1.49. The fourth-order valence-electron chi connectivity index (χ4n) is 1.39. The predicted molar refractivity (Wildman–Crippen MR) is 64.8 cm³/mol. The molecule has 104 valence electrons. The van der Waals surface area contributed by atoms with Crippen LogP contribution in [0.3, 0.4) is 0 Å². The molecule has 0 aliphatic heterocycles. The number of aliphatic hydroxyl groups is 1. The number of carbonyl (C=O) groups is 1. The van der Waals surface area contributed by atoms with Gasteiger partial charge in [-0.15, -0.1) is 0 Å². The Labute approximate surface area is 107 Å². The molecule has 7 nitrogen and oxygen atoms in total. The molecule has 1 aromatic rings. The molecule has 0 bridgehead atoms. The second-order valence-electron chi connectivity index (χ2n) is 3.85. The summed E-state index contributed by atoms with van der Waals surface area (Å²) in [5.74, 6) is -2.66. The smallest absolute Gasteiger partial charge is 0.338 e. The quantitative estimate of drug-likeness (QED) is 0.535. The van der Waals surface area contributed by atoms with Crippen molar-refractivity contribution in [1.82, 2.24) is 0 Å². The summed E-state index contributed by atoms with van der Waals surface area (Å²) in [4.78, 5) is 20.7. The van der Waals surface area contributed by atoms with Crippen molar-refractivity contribution in [2.75, 3.05) is 11.9 Å². The second-order valence-corrected chi connectivity index (χ2v) is 3.85. The average molecular weight is 272 g/mol. The van der Waals surface area contributed by atoms with E-state index in [1.54, 1.807) is 6.92 Å². The zero-order chi connectivity index (χ0) is 14.6. The van der Waals surface area contributed by atoms with Crippen LogP contribution in [0.5, 0.6) is 0 Å². The van der Waals surface area contributed by atoms with E-state index in [4.69, 9.17) is 5.11 Å². The first-order valence-electron chi connectivity index (χ1n) is 5.50. The molecule has 0 saturated heterocycles. The number of nitrogens with one attached hydrogen (secondary N) is 1. The zero-order valence-electron chi connectivity index (χ0n) is 10.1. The van der Waals surface area contributed by atoms with Gasteiger partial charge in [-0.05, 0) is 6.42 Å². The second kappa shape index (κ2) is 6.10. The molecule has 1 aromatic carbocycles. The lowest BCUT2D eigenvalue weighted by Crippen LogP contribution is -2.19. The molecule has 3 N–H and O–H groups in total. The molecule has 0 fully saturated rings. The van der Waals surface area contributed by atoms with Gasteiger partial charge in [0.05, 0.1) is 11.0 Å². The van der Waals surface area contributed by atoms with Gasteiger partial charge in [-0.25, -0.2) is 9.18 Å². The predicted octanol–water partition coefficient (Wildman–Crippen LogP) is 1.61. The highest BCUT2D eigenvalue weighted by molar-refractivity contribution is 5.90. The Morgan fingerprint density at radius 3 is 2.68 bits per heavy atom. The lowest BCUT2D eigenvalue weighted by atomic mass is 10.1. The highest BCUT2D eigenvalue weighted by Crippen LogP contribution is 2.28. The van der Waals surface area contributed by atoms with E-state index in [1.807, 2.05) is 0 Å². The number of rotatable bonds is 6. The molecule has 0 aliphatic carbocycles. The van der Waals surface area contributed by atoms with Crippen LogP contribution in [-0.4, -0.2) is 33.8 Å². The standard InChI is InChI=1S/C11H13FN2O5/c1-2-6(15)5-13-9-4-8(12)7(11(16)17)3-10(9)14(18)19/h3-4,6,13,15H,2,5H2,1H3,(H,16,17). The van der Waals surface area contributed by atoms with E-state index in [0.29, 0.717) is 12.5 Å². The summed E-state index contributed by atoms with van der Waals surface area (Å²) in [6.45, 7) is 1.72. The van der Waals surface area contributed by atoms with Crippen molar-refractivity contribution in [1.29, 1.82) is 0 Å². The first kappa shape index (κ1) is 14.8. The Kier molecular flexibility index (Phi) is 4.76. The fourth-order valence-corrected chi connectivity index (χ4v) is 1.39. The number of hydrogen-bond acceptors (Lipinski definition) is 5. The number of nitro benzene ring substituents is 1. The first-order valence-corrected chi connectivity index (χ1v) is 5.50. The van der Waals surface area contributed by atoms with Crippen molar-refractivity contribution in [2.24, 2.45) is 0 Å². The molecule has 19 heavy (non-hydrogen) atoms. The molecule has 8 heteroatoms. The number of carboxylic acid groups (broad SMARTS) is 1. The number of hydrogen-bond donors (Lipinski definition) is 3. The van der Waals surface area contributed by atoms with Gasteiger partial charge in [0.15, 0.2) is 0 Å². The Morgan fingerprint density at radius 1 is 1.58 bits per heavy atom. The summed E-state index contributed by atoms with van der Waals surface area (Å²) in [7, 11) is 0. The first-order chi connectivity index (χ1) is 8.86. The SMILES string of the molecule is CCC(O)CNc1cc(F)c(C(=O)O)cc1[N+](=O)[O-]. The summed E-state index contributed by atoms with van der Waals surface area (Å²) >= 11 is 0. The van der Waals surface area contributed by atoms with Crippen LogP contribution in [0.1, 0.15) is 23.7 Å². The topological polar surface area (TPSA) is 113 Å². The molecule has 0 radical (unpaired) electrons. The van der Waals surface area contributed by atoms with Gasteiger partial charge in [-0.2, -0.15) is 0 Å². The third kappa shape index (κ3) is 3.62. The third-order valence-corrected chi connectivity index (χ3v) is 2.51. The van der Waals surface area contributed by atoms with Crippen molar-refractivity contribution < 1.29 is 24.3 Å². The van der Waals surface area contributed by atoms with Crippen LogP contribution in [0.25, 0.3) is 0 Å². The molecule has 1 unspecified atom stereocenters. The van der Waals surface area contributed by atoms with Crippen LogP contribution < -0.4 is 5.32 Å². The number of nitro groups is 1. The maximum absolute atomic E-state index is 13.4. The van der Waals surface area contributed by atoms with Crippen LogP contribution in [0.2, 0.25) is 0 Å². The molecule has 0 saturated carbocycles. The van der Waals surface area contributed by atoms with E-state index in [2.05, 4.69) is 5.32 Å². The molecule has 1 atom stereocenters. The van der Waals surface area contributed by atoms with Crippen LogP contribution in [0.15, 0.2) is 12.1 Å². The third-order valence-electron chi connectivity index (χ3n) is 2.51. The molecule has 1 rings (SSSR count). The minimum absolute atomic E-state index is 0.00317. The summed E-state index contributed by atoms with van der Waals surface area (Å²) in [6, 6.07) is 1.39. The number of nitrogens with zero attached hydrogens (tertiary/aromatic N) is 1. The molecule has 0 amide bonds. The zero-order valence-corrected chi connectivity index (χ0v) is 10.1. The number of aliphatic hydroxyl groups excluding tert-OH is 1. The number of aromatic carboxylic acids is 1. The highest BCUT2D eigenvalue weighted by Gasteiger charge is 2.22. The van der Waals surface area contributed by atoms with Crippen molar-refractivity contribution in [3.63, 3.8) is 0 Å². The lowest BCUT2D eigenvalue weighted by molar-refractivity contribution is -0.384. The van der Waals surface area contributed by atoms with Crippen LogP contribution in [0, 0.1) is 15.9 Å². The lowest BCUT2D eigenvalue weighted by Gasteiger charge is -2.11. The van der Waals surface area contributed by atoms with Gasteiger partial charge in [-0.1, -0.05) is 6.92 Å². The Hall–Kier alpha value is -2.22. The van der Waals surface area contributed by atoms with E-state index in [-0.39, 0.29) is 12.2 Å². The van der Waals surface area contributed by atoms with E-state index in [0.717, 1.165) is 6.07 Å². The molecule has 0 aromatic heterocycles. The Morgan fingerprint density at radius 2 is 2.21 bits per heavy atom. The van der Waals surface area contributed by atoms with Gasteiger partial charge >= 0.3 is 5.97 Å². The summed E-state index contributed by atoms with van der Waals surface area (Å²) in [5, 5.41) is 31.4. The minimum Gasteiger partial charge on any atom is -0.478 e. The van der Waals surface area contributed by atoms with Crippen molar-refractivity contribution in [2.45, 2.75) is 19.4 Å². The largest absolute Gasteiger partial charge is 0.478 e. The molecule has 0 heterocycles. The minimum atomic E-state index is -1.58. The van der Waals surface area contributed by atoms with Crippen LogP contribution in [0.4, 0.5) is 15.8 Å². The number of carboxylic acids is 1. The van der Waals surface area contributed by atoms with Gasteiger partial charge < -0.3 is 15.5 Å². The van der Waals surface area contributed by atoms with Gasteiger partial charge in [0.2, 0.25) is 0 Å². The number of halogens is 1. The van der Waals surface area contributed by atoms with Gasteiger partial charge in [0.25, 0.3) is 5.69 Å². The van der Waals surface area contributed by atoms with Crippen molar-refractivity contribution in [3.8, 4) is 0 Å². The molecular weight excluding hydrogens is 259 g/mol. The fraction of sp³-hybridized carbons (Fsp3) is 0.364. The van der Waals surface area contributed by atoms with E-state index in [1.165, 1.54) is 0 Å². The van der Waals surface area contributed by atoms with Crippen LogP contribution in [-0.2, 0) is 0 Å². The molecular formula is C11H13FN2O5. The Balaban J connectivity index is 3.12. The summed E-state index contributed by atoms with van der Waals surface area (Å²) < 4.78 is 13.4. The molecule has 0 aliphatic rings. The van der Waals surface area contributed by atoms with E-state index in [9.17, 15) is 24.4 Å². The number of benzene rings is 1. The molecule has 0 spiro atoms. The van der Waals surface area contributed by atoms with E-state index < -0.39 is 34.1 Å². The normalized spacial score (nSPS) is 11.9. The maximum atomic E-state index is 13.4. The van der Waals surface area contributed by atoms with Gasteiger partial charge in [0.1, 0.15) is 17.1 Å². The Bertz CT molecular complexity index is 506. The van der Waals surface area contributed by atoms with Crippen LogP contribution >= 0.6 is 0 Å². The number of anilines is 1. The van der Waals surface area contributed by atoms with Crippen molar-refractivity contribution in [3.05, 3.63) is 33.6 Å². The van der Waals surface area contributed by atoms with Gasteiger partial charge in [-0.3, -0.25) is 10.1 Å². The maximum Gasteiger partial charge on any atom is 0.338 e. The van der Waals surface area contributed by atoms with Crippen molar-refractivity contribution >= 4 is 17.3 Å². The van der Waals surface area contributed by atoms with E-state index >= 15 is 0 Å². The van der Waals surface area contributed by atoms with Gasteiger partial charge in [0, 0.05) is 18.7 Å². The average Bonchev–Trinajstić information content (AvgIpc) is 2.34. The monoisotopic (exact) mass is 272 g/mol. The summed E-state index contributed by atoms with van der Waals surface area (Å²) in [6.07, 6.45) is -0.307. The highest BCUT2D eigenvalue weighted by atomic mass is 19.1.